The number of amides is 1. The van der Waals surface area contributed by atoms with Gasteiger partial charge in [-0.05, 0) is 52.6 Å². The summed E-state index contributed by atoms with van der Waals surface area (Å²) in [6.07, 6.45) is 0. The first-order valence-electron chi connectivity index (χ1n) is 5.82. The molecule has 0 aliphatic heterocycles. The van der Waals surface area contributed by atoms with Crippen molar-refractivity contribution >= 4 is 56.7 Å². The van der Waals surface area contributed by atoms with Crippen LogP contribution in [0.3, 0.4) is 0 Å². The van der Waals surface area contributed by atoms with Gasteiger partial charge >= 0.3 is 0 Å². The maximum absolute atomic E-state index is 11.7. The van der Waals surface area contributed by atoms with Gasteiger partial charge < -0.3 is 4.74 Å². The predicted molar refractivity (Wildman–Crippen MR) is 89.6 cm³/mol. The van der Waals surface area contributed by atoms with Crippen molar-refractivity contribution in [1.82, 2.24) is 10.2 Å². The average molecular weight is 421 g/mol. The van der Waals surface area contributed by atoms with Crippen molar-refractivity contribution < 1.29 is 9.53 Å². The van der Waals surface area contributed by atoms with Crippen molar-refractivity contribution in [2.75, 3.05) is 17.7 Å². The van der Waals surface area contributed by atoms with Crippen LogP contribution in [-0.4, -0.2) is 28.5 Å². The van der Waals surface area contributed by atoms with Gasteiger partial charge in [-0.2, -0.15) is 0 Å². The molecule has 0 aliphatic rings. The van der Waals surface area contributed by atoms with Crippen LogP contribution in [0.25, 0.3) is 0 Å². The first-order valence-corrected chi connectivity index (χ1v) is 8.70. The molecule has 106 valence electrons. The molecule has 0 saturated carbocycles. The van der Waals surface area contributed by atoms with E-state index in [0.717, 1.165) is 13.7 Å². The Balaban J connectivity index is 1.81. The summed E-state index contributed by atoms with van der Waals surface area (Å²) < 4.78 is 7.35. The Morgan fingerprint density at radius 1 is 1.40 bits per heavy atom. The monoisotopic (exact) mass is 421 g/mol. The van der Waals surface area contributed by atoms with Gasteiger partial charge in [0.1, 0.15) is 5.75 Å². The number of aromatic nitrogens is 2. The quantitative estimate of drug-likeness (QED) is 0.441. The highest BCUT2D eigenvalue weighted by Crippen LogP contribution is 2.24. The lowest BCUT2D eigenvalue weighted by Crippen LogP contribution is -2.20. The number of nitrogens with one attached hydrogen (secondary N) is 1. The molecule has 2 aromatic rings. The molecule has 20 heavy (non-hydrogen) atoms. The summed E-state index contributed by atoms with van der Waals surface area (Å²) in [5.74, 6) is 1.35. The number of thioether (sulfide) groups is 1. The third kappa shape index (κ3) is 4.91. The molecule has 1 aromatic heterocycles. The Labute approximate surface area is 138 Å². The summed E-state index contributed by atoms with van der Waals surface area (Å²) in [6, 6.07) is 7.51. The number of benzene rings is 1. The van der Waals surface area contributed by atoms with Crippen LogP contribution >= 0.6 is 45.7 Å². The number of anilines is 1. The van der Waals surface area contributed by atoms with E-state index in [2.05, 4.69) is 38.1 Å². The number of carbonyl (C=O) groups is 1. The molecule has 1 aromatic carbocycles. The minimum absolute atomic E-state index is 0.0452. The molecular formula is C12H12IN3O2S2. The van der Waals surface area contributed by atoms with E-state index in [1.807, 2.05) is 31.2 Å². The molecule has 0 spiro atoms. The summed E-state index contributed by atoms with van der Waals surface area (Å²) in [6.45, 7) is 2.00. The molecule has 1 amide bonds. The first-order chi connectivity index (χ1) is 9.67. The Morgan fingerprint density at radius 2 is 2.15 bits per heavy atom. The second-order valence-electron chi connectivity index (χ2n) is 3.60. The Bertz CT molecular complexity index is 574. The number of ether oxygens (including phenoxy) is 1. The Hall–Kier alpha value is -0.870. The zero-order valence-corrected chi connectivity index (χ0v) is 14.4. The smallest absolute Gasteiger partial charge is 0.264 e. The van der Waals surface area contributed by atoms with E-state index in [-0.39, 0.29) is 12.5 Å². The number of hydrogen-bond acceptors (Lipinski definition) is 6. The van der Waals surface area contributed by atoms with Crippen LogP contribution < -0.4 is 10.1 Å². The molecule has 5 nitrogen and oxygen atoms in total. The van der Waals surface area contributed by atoms with Gasteiger partial charge in [-0.15, -0.1) is 10.2 Å². The van der Waals surface area contributed by atoms with Gasteiger partial charge in [-0.25, -0.2) is 0 Å². The van der Waals surface area contributed by atoms with Crippen molar-refractivity contribution in [1.29, 1.82) is 0 Å². The highest BCUT2D eigenvalue weighted by Gasteiger charge is 2.08. The highest BCUT2D eigenvalue weighted by atomic mass is 127. The van der Waals surface area contributed by atoms with Gasteiger partial charge in [0.05, 0.1) is 0 Å². The van der Waals surface area contributed by atoms with Crippen LogP contribution in [0.5, 0.6) is 5.75 Å². The van der Waals surface area contributed by atoms with E-state index in [4.69, 9.17) is 4.74 Å². The third-order valence-corrected chi connectivity index (χ3v) is 4.68. The van der Waals surface area contributed by atoms with E-state index in [9.17, 15) is 4.79 Å². The second kappa shape index (κ2) is 7.79. The van der Waals surface area contributed by atoms with Crippen LogP contribution in [0.2, 0.25) is 0 Å². The molecule has 0 radical (unpaired) electrons. The molecule has 8 heteroatoms. The van der Waals surface area contributed by atoms with Crippen LogP contribution in [0.15, 0.2) is 28.6 Å². The van der Waals surface area contributed by atoms with Crippen LogP contribution in [0, 0.1) is 3.57 Å². The topological polar surface area (TPSA) is 64.1 Å². The maximum Gasteiger partial charge on any atom is 0.264 e. The van der Waals surface area contributed by atoms with Gasteiger partial charge in [0.25, 0.3) is 5.91 Å². The number of rotatable bonds is 6. The summed E-state index contributed by atoms with van der Waals surface area (Å²) in [5, 5.41) is 11.0. The standard InChI is InChI=1S/C12H12IN3O2S2/c1-2-19-12-16-15-11(20-12)14-10(17)7-18-9-5-3-8(13)4-6-9/h3-6H,2,7H2,1H3,(H,14,15,17). The van der Waals surface area contributed by atoms with E-state index < -0.39 is 0 Å². The van der Waals surface area contributed by atoms with Gasteiger partial charge in [0.15, 0.2) is 10.9 Å². The molecule has 0 fully saturated rings. The van der Waals surface area contributed by atoms with Crippen molar-refractivity contribution in [2.24, 2.45) is 0 Å². The first kappa shape index (κ1) is 15.5. The SMILES string of the molecule is CCSc1nnc(NC(=O)COc2ccc(I)cc2)s1. The van der Waals surface area contributed by atoms with Crippen LogP contribution in [-0.2, 0) is 4.79 Å². The fraction of sp³-hybridized carbons (Fsp3) is 0.250. The lowest BCUT2D eigenvalue weighted by atomic mass is 10.3. The van der Waals surface area contributed by atoms with E-state index >= 15 is 0 Å². The second-order valence-corrected chi connectivity index (χ2v) is 7.33. The lowest BCUT2D eigenvalue weighted by molar-refractivity contribution is -0.118. The molecule has 1 N–H and O–H groups in total. The molecule has 2 rings (SSSR count). The van der Waals surface area contributed by atoms with Crippen molar-refractivity contribution in [2.45, 2.75) is 11.3 Å². The summed E-state index contributed by atoms with van der Waals surface area (Å²) in [4.78, 5) is 11.7. The van der Waals surface area contributed by atoms with Gasteiger partial charge in [0.2, 0.25) is 5.13 Å². The molecule has 0 atom stereocenters. The highest BCUT2D eigenvalue weighted by molar-refractivity contribution is 14.1. The zero-order valence-electron chi connectivity index (χ0n) is 10.6. The average Bonchev–Trinajstić information content (AvgIpc) is 2.86. The normalized spacial score (nSPS) is 10.3. The van der Waals surface area contributed by atoms with E-state index in [1.165, 1.54) is 11.3 Å². The van der Waals surface area contributed by atoms with Gasteiger partial charge in [-0.1, -0.05) is 30.0 Å². The van der Waals surface area contributed by atoms with Crippen molar-refractivity contribution in [3.05, 3.63) is 27.8 Å². The molecule has 0 unspecified atom stereocenters. The summed E-state index contributed by atoms with van der Waals surface area (Å²) in [7, 11) is 0. The third-order valence-electron chi connectivity index (χ3n) is 2.10. The largest absolute Gasteiger partial charge is 0.484 e. The molecule has 1 heterocycles. The molecule has 0 bridgehead atoms. The number of hydrogen-bond donors (Lipinski definition) is 1. The number of carbonyl (C=O) groups excluding carboxylic acids is 1. The fourth-order valence-electron chi connectivity index (χ4n) is 1.28. The summed E-state index contributed by atoms with van der Waals surface area (Å²) >= 11 is 5.17. The minimum atomic E-state index is -0.243. The molecular weight excluding hydrogens is 409 g/mol. The van der Waals surface area contributed by atoms with Gasteiger partial charge in [0, 0.05) is 3.57 Å². The molecule has 0 aliphatic carbocycles. The predicted octanol–water partition coefficient (Wildman–Crippen LogP) is 3.27. The van der Waals surface area contributed by atoms with Crippen molar-refractivity contribution in [3.63, 3.8) is 0 Å². The van der Waals surface area contributed by atoms with Crippen molar-refractivity contribution in [3.8, 4) is 5.75 Å². The van der Waals surface area contributed by atoms with Gasteiger partial charge in [-0.3, -0.25) is 10.1 Å². The summed E-state index contributed by atoms with van der Waals surface area (Å²) in [5.41, 5.74) is 0. The van der Waals surface area contributed by atoms with Crippen LogP contribution in [0.4, 0.5) is 5.13 Å². The van der Waals surface area contributed by atoms with E-state index in [0.29, 0.717) is 10.9 Å². The number of nitrogens with zero attached hydrogens (tertiary/aromatic N) is 2. The molecule has 0 saturated heterocycles. The Kier molecular flexibility index (Phi) is 6.05. The minimum Gasteiger partial charge on any atom is -0.484 e. The fourth-order valence-corrected chi connectivity index (χ4v) is 3.30. The van der Waals surface area contributed by atoms with Crippen LogP contribution in [0.1, 0.15) is 6.92 Å². The number of halogens is 1. The maximum atomic E-state index is 11.7. The zero-order chi connectivity index (χ0) is 14.4. The van der Waals surface area contributed by atoms with E-state index in [1.54, 1.807) is 11.8 Å². The lowest BCUT2D eigenvalue weighted by Gasteiger charge is -2.05. The Morgan fingerprint density at radius 3 is 2.85 bits per heavy atom.